The highest BCUT2D eigenvalue weighted by molar-refractivity contribution is 5.91. The largest absolute Gasteiger partial charge is 0.478 e. The highest BCUT2D eigenvalue weighted by Gasteiger charge is 2.51. The zero-order chi connectivity index (χ0) is 20.0. The van der Waals surface area contributed by atoms with Crippen LogP contribution in [0.4, 0.5) is 15.8 Å². The predicted octanol–water partition coefficient (Wildman–Crippen LogP) is 4.64. The first kappa shape index (κ1) is 18.3. The molecular weight excluding hydrogens is 371 g/mol. The van der Waals surface area contributed by atoms with Crippen molar-refractivity contribution in [1.29, 1.82) is 0 Å². The van der Waals surface area contributed by atoms with E-state index in [1.807, 2.05) is 0 Å². The number of benzene rings is 1. The summed E-state index contributed by atoms with van der Waals surface area (Å²) in [4.78, 5) is 19.2. The number of nitrogens with zero attached hydrogens (tertiary/aromatic N) is 2. The minimum atomic E-state index is -1.53. The van der Waals surface area contributed by atoms with Crippen LogP contribution in [0.5, 0.6) is 0 Å². The van der Waals surface area contributed by atoms with Gasteiger partial charge >= 0.3 is 5.97 Å². The molecule has 1 aromatic carbocycles. The second-order valence-corrected chi connectivity index (χ2v) is 9.07. The molecule has 4 fully saturated rings. The molecule has 1 unspecified atom stereocenters. The standard InChI is InChI=1S/C22H25FN4O2/c23-20(17-10-24-12-25-11-17)26-19-6-16(21(28)29)1-2-18(19)27-22-7-13-3-14(8-22)5-15(4-13)9-22/h1-2,6,10-15,20,26-27H,3-5,7-9H2,(H,28,29). The van der Waals surface area contributed by atoms with Crippen LogP contribution in [0.1, 0.15) is 60.7 Å². The molecule has 29 heavy (non-hydrogen) atoms. The number of hydrogen-bond donors (Lipinski definition) is 3. The monoisotopic (exact) mass is 396 g/mol. The van der Waals surface area contributed by atoms with Gasteiger partial charge in [0.05, 0.1) is 16.9 Å². The van der Waals surface area contributed by atoms with Crippen LogP contribution in [0, 0.1) is 17.8 Å². The maximum absolute atomic E-state index is 14.9. The molecule has 4 saturated carbocycles. The summed E-state index contributed by atoms with van der Waals surface area (Å²) >= 11 is 0. The van der Waals surface area contributed by atoms with E-state index in [-0.39, 0.29) is 11.1 Å². The van der Waals surface area contributed by atoms with E-state index in [4.69, 9.17) is 0 Å². The molecular formula is C22H25FN4O2. The Morgan fingerprint density at radius 3 is 2.28 bits per heavy atom. The summed E-state index contributed by atoms with van der Waals surface area (Å²) in [6.45, 7) is 0. The van der Waals surface area contributed by atoms with Crippen molar-refractivity contribution < 1.29 is 14.3 Å². The molecule has 1 heterocycles. The second-order valence-electron chi connectivity index (χ2n) is 9.07. The van der Waals surface area contributed by atoms with Crippen LogP contribution in [0.15, 0.2) is 36.9 Å². The number of carboxylic acid groups (broad SMARTS) is 1. The first-order valence-electron chi connectivity index (χ1n) is 10.3. The fourth-order valence-electron chi connectivity index (χ4n) is 6.12. The molecule has 0 spiro atoms. The molecule has 6 rings (SSSR count). The zero-order valence-corrected chi connectivity index (χ0v) is 16.1. The first-order valence-corrected chi connectivity index (χ1v) is 10.3. The van der Waals surface area contributed by atoms with E-state index in [9.17, 15) is 14.3 Å². The van der Waals surface area contributed by atoms with Gasteiger partial charge in [0.15, 0.2) is 6.30 Å². The first-order chi connectivity index (χ1) is 14.0. The Balaban J connectivity index is 1.44. The fraction of sp³-hybridized carbons (Fsp3) is 0.500. The van der Waals surface area contributed by atoms with Crippen LogP contribution >= 0.6 is 0 Å². The van der Waals surface area contributed by atoms with Crippen LogP contribution in [-0.4, -0.2) is 26.6 Å². The average Bonchev–Trinajstić information content (AvgIpc) is 2.68. The van der Waals surface area contributed by atoms with Crippen molar-refractivity contribution in [3.8, 4) is 0 Å². The second kappa shape index (κ2) is 6.97. The number of nitrogens with one attached hydrogen (secondary N) is 2. The van der Waals surface area contributed by atoms with Crippen molar-refractivity contribution >= 4 is 17.3 Å². The minimum Gasteiger partial charge on any atom is -0.478 e. The zero-order valence-electron chi connectivity index (χ0n) is 16.1. The number of hydrogen-bond acceptors (Lipinski definition) is 5. The molecule has 0 amide bonds. The minimum absolute atomic E-state index is 0.0393. The summed E-state index contributed by atoms with van der Waals surface area (Å²) in [6.07, 6.45) is 10.1. The van der Waals surface area contributed by atoms with Gasteiger partial charge in [0.1, 0.15) is 6.33 Å². The molecule has 4 bridgehead atoms. The van der Waals surface area contributed by atoms with Crippen LogP contribution in [0.2, 0.25) is 0 Å². The fourth-order valence-corrected chi connectivity index (χ4v) is 6.12. The van der Waals surface area contributed by atoms with Gasteiger partial charge in [-0.1, -0.05) is 0 Å². The average molecular weight is 396 g/mol. The van der Waals surface area contributed by atoms with Gasteiger partial charge in [0.2, 0.25) is 0 Å². The molecule has 4 aliphatic carbocycles. The number of aromatic carboxylic acids is 1. The van der Waals surface area contributed by atoms with E-state index in [0.29, 0.717) is 11.3 Å². The molecule has 0 saturated heterocycles. The summed E-state index contributed by atoms with van der Waals surface area (Å²) < 4.78 is 14.9. The summed E-state index contributed by atoms with van der Waals surface area (Å²) in [5, 5.41) is 15.9. The molecule has 1 atom stereocenters. The van der Waals surface area contributed by atoms with E-state index in [1.165, 1.54) is 44.0 Å². The van der Waals surface area contributed by atoms with Gasteiger partial charge in [-0.15, -0.1) is 0 Å². The van der Waals surface area contributed by atoms with Crippen LogP contribution in [0.25, 0.3) is 0 Å². The molecule has 1 aromatic heterocycles. The highest BCUT2D eigenvalue weighted by Crippen LogP contribution is 2.57. The third-order valence-corrected chi connectivity index (χ3v) is 6.86. The number of carbonyl (C=O) groups is 1. The Morgan fingerprint density at radius 2 is 1.69 bits per heavy atom. The lowest BCUT2D eigenvalue weighted by Crippen LogP contribution is -2.54. The molecule has 152 valence electrons. The normalized spacial score (nSPS) is 30.7. The number of halogens is 1. The van der Waals surface area contributed by atoms with E-state index in [0.717, 1.165) is 42.7 Å². The van der Waals surface area contributed by atoms with E-state index in [2.05, 4.69) is 20.6 Å². The summed E-state index contributed by atoms with van der Waals surface area (Å²) in [6, 6.07) is 4.84. The van der Waals surface area contributed by atoms with E-state index < -0.39 is 12.3 Å². The number of anilines is 2. The lowest BCUT2D eigenvalue weighted by atomic mass is 9.53. The third-order valence-electron chi connectivity index (χ3n) is 6.86. The van der Waals surface area contributed by atoms with Crippen molar-refractivity contribution in [3.05, 3.63) is 48.0 Å². The van der Waals surface area contributed by atoms with Crippen molar-refractivity contribution in [2.45, 2.75) is 50.4 Å². The quantitative estimate of drug-likeness (QED) is 0.617. The lowest BCUT2D eigenvalue weighted by molar-refractivity contribution is 0.0107. The van der Waals surface area contributed by atoms with Gasteiger partial charge < -0.3 is 15.7 Å². The topological polar surface area (TPSA) is 87.1 Å². The lowest BCUT2D eigenvalue weighted by Gasteiger charge is -2.57. The Labute approximate surface area is 169 Å². The van der Waals surface area contributed by atoms with Gasteiger partial charge in [0, 0.05) is 23.5 Å². The van der Waals surface area contributed by atoms with E-state index >= 15 is 0 Å². The Hall–Kier alpha value is -2.70. The maximum atomic E-state index is 14.9. The summed E-state index contributed by atoms with van der Waals surface area (Å²) in [7, 11) is 0. The smallest absolute Gasteiger partial charge is 0.335 e. The maximum Gasteiger partial charge on any atom is 0.335 e. The molecule has 6 nitrogen and oxygen atoms in total. The van der Waals surface area contributed by atoms with Gasteiger partial charge in [-0.2, -0.15) is 0 Å². The number of alkyl halides is 1. The molecule has 3 N–H and O–H groups in total. The van der Waals surface area contributed by atoms with Gasteiger partial charge in [0.25, 0.3) is 0 Å². The molecule has 2 aromatic rings. The van der Waals surface area contributed by atoms with Crippen molar-refractivity contribution in [2.24, 2.45) is 17.8 Å². The van der Waals surface area contributed by atoms with Gasteiger partial charge in [-0.25, -0.2) is 19.2 Å². The number of rotatable bonds is 6. The van der Waals surface area contributed by atoms with Gasteiger partial charge in [-0.05, 0) is 74.5 Å². The molecule has 4 aliphatic rings. The molecule has 0 aliphatic heterocycles. The predicted molar refractivity (Wildman–Crippen MR) is 107 cm³/mol. The van der Waals surface area contributed by atoms with Crippen molar-refractivity contribution in [3.63, 3.8) is 0 Å². The van der Waals surface area contributed by atoms with Gasteiger partial charge in [-0.3, -0.25) is 0 Å². The molecule has 7 heteroatoms. The van der Waals surface area contributed by atoms with Crippen molar-refractivity contribution in [1.82, 2.24) is 9.97 Å². The highest BCUT2D eigenvalue weighted by atomic mass is 19.1. The summed E-state index contributed by atoms with van der Waals surface area (Å²) in [5.41, 5.74) is 1.68. The Bertz CT molecular complexity index is 885. The number of aromatic nitrogens is 2. The summed E-state index contributed by atoms with van der Waals surface area (Å²) in [5.74, 6) is 1.30. The van der Waals surface area contributed by atoms with Crippen molar-refractivity contribution in [2.75, 3.05) is 10.6 Å². The van der Waals surface area contributed by atoms with Crippen LogP contribution < -0.4 is 10.6 Å². The molecule has 0 radical (unpaired) electrons. The number of carboxylic acids is 1. The Morgan fingerprint density at radius 1 is 1.07 bits per heavy atom. The van der Waals surface area contributed by atoms with Crippen LogP contribution in [0.3, 0.4) is 0 Å². The van der Waals surface area contributed by atoms with Crippen LogP contribution in [-0.2, 0) is 0 Å². The van der Waals surface area contributed by atoms with E-state index in [1.54, 1.807) is 12.1 Å². The third kappa shape index (κ3) is 3.54. The Kier molecular flexibility index (Phi) is 4.41. The SMILES string of the molecule is O=C(O)c1ccc(NC23CC4CC(CC(C4)C2)C3)c(NC(F)c2cncnc2)c1.